The number of benzene rings is 1. The van der Waals surface area contributed by atoms with Crippen molar-refractivity contribution in [3.8, 4) is 0 Å². The molecule has 2 amide bonds. The number of aromatic nitrogens is 2. The van der Waals surface area contributed by atoms with Crippen molar-refractivity contribution < 1.29 is 9.59 Å². The van der Waals surface area contributed by atoms with Crippen LogP contribution in [0, 0.1) is 6.92 Å². The zero-order chi connectivity index (χ0) is 16.9. The van der Waals surface area contributed by atoms with E-state index in [-0.39, 0.29) is 12.5 Å². The topological polar surface area (TPSA) is 96.0 Å². The quantitative estimate of drug-likeness (QED) is 0.630. The average molecular weight is 341 g/mol. The summed E-state index contributed by atoms with van der Waals surface area (Å²) in [5, 5.41) is 3.59. The highest BCUT2D eigenvalue weighted by Crippen LogP contribution is 2.24. The summed E-state index contributed by atoms with van der Waals surface area (Å²) >= 11 is 1.46. The number of aryl methyl sites for hydroxylation is 1. The lowest BCUT2D eigenvalue weighted by Crippen LogP contribution is -2.44. The first-order valence-corrected chi connectivity index (χ1v) is 8.05. The average Bonchev–Trinajstić information content (AvgIpc) is 3.01. The summed E-state index contributed by atoms with van der Waals surface area (Å²) in [5.74, 6) is -0.793. The second-order valence-corrected chi connectivity index (χ2v) is 6.06. The summed E-state index contributed by atoms with van der Waals surface area (Å²) in [7, 11) is 0. The van der Waals surface area contributed by atoms with Crippen LogP contribution in [-0.2, 0) is 4.79 Å². The predicted molar refractivity (Wildman–Crippen MR) is 92.7 cm³/mol. The van der Waals surface area contributed by atoms with Gasteiger partial charge in [-0.2, -0.15) is 0 Å². The zero-order valence-electron chi connectivity index (χ0n) is 12.9. The minimum Gasteiger partial charge on any atom is -0.352 e. The number of hydrogen-bond acceptors (Lipinski definition) is 6. The molecule has 24 heavy (non-hydrogen) atoms. The van der Waals surface area contributed by atoms with Crippen LogP contribution in [0.1, 0.15) is 16.1 Å². The van der Waals surface area contributed by atoms with E-state index in [9.17, 15) is 9.59 Å². The molecule has 1 aromatic carbocycles. The van der Waals surface area contributed by atoms with Gasteiger partial charge >= 0.3 is 0 Å². The number of amides is 2. The number of hydrogen-bond donors (Lipinski definition) is 3. The Hall–Kier alpha value is -3.00. The van der Waals surface area contributed by atoms with Crippen LogP contribution >= 0.6 is 11.3 Å². The van der Waals surface area contributed by atoms with Gasteiger partial charge in [0.1, 0.15) is 0 Å². The van der Waals surface area contributed by atoms with Crippen molar-refractivity contribution in [2.24, 2.45) is 0 Å². The summed E-state index contributed by atoms with van der Waals surface area (Å²) in [5.41, 5.74) is 6.76. The van der Waals surface area contributed by atoms with Gasteiger partial charge in [0.2, 0.25) is 0 Å². The maximum atomic E-state index is 11.9. The van der Waals surface area contributed by atoms with E-state index in [1.54, 1.807) is 12.1 Å². The van der Waals surface area contributed by atoms with Gasteiger partial charge in [-0.3, -0.25) is 25.4 Å². The van der Waals surface area contributed by atoms with Gasteiger partial charge in [0.05, 0.1) is 22.3 Å². The van der Waals surface area contributed by atoms with Crippen molar-refractivity contribution in [3.63, 3.8) is 0 Å². The van der Waals surface area contributed by atoms with Crippen LogP contribution in [0.5, 0.6) is 0 Å². The van der Waals surface area contributed by atoms with Crippen LogP contribution in [0.25, 0.3) is 10.2 Å². The largest absolute Gasteiger partial charge is 0.352 e. The number of nitrogens with zero attached hydrogens (tertiary/aromatic N) is 2. The molecule has 0 bridgehead atoms. The Kier molecular flexibility index (Phi) is 4.66. The van der Waals surface area contributed by atoms with E-state index < -0.39 is 5.91 Å². The molecule has 0 unspecified atom stereocenters. The normalized spacial score (nSPS) is 10.4. The Morgan fingerprint density at radius 3 is 2.71 bits per heavy atom. The van der Waals surface area contributed by atoms with Gasteiger partial charge in [-0.15, -0.1) is 0 Å². The molecule has 0 aliphatic rings. The highest BCUT2D eigenvalue weighted by Gasteiger charge is 2.08. The van der Waals surface area contributed by atoms with Gasteiger partial charge in [0.15, 0.2) is 5.13 Å². The molecule has 8 heteroatoms. The fraction of sp³-hybridized carbons (Fsp3) is 0.125. The number of pyridine rings is 1. The van der Waals surface area contributed by atoms with E-state index in [2.05, 4.69) is 26.1 Å². The van der Waals surface area contributed by atoms with Crippen LogP contribution in [0.4, 0.5) is 5.13 Å². The van der Waals surface area contributed by atoms with Gasteiger partial charge in [-0.05, 0) is 31.2 Å². The third kappa shape index (κ3) is 3.85. The lowest BCUT2D eigenvalue weighted by Gasteiger charge is -2.07. The number of fused-ring (bicyclic) bond motifs is 1. The van der Waals surface area contributed by atoms with Crippen molar-refractivity contribution in [2.45, 2.75) is 6.92 Å². The first-order valence-electron chi connectivity index (χ1n) is 7.23. The van der Waals surface area contributed by atoms with Crippen LogP contribution in [0.15, 0.2) is 42.6 Å². The number of carbonyl (C=O) groups is 2. The summed E-state index contributed by atoms with van der Waals surface area (Å²) in [4.78, 5) is 32.0. The third-order valence-electron chi connectivity index (χ3n) is 3.18. The van der Waals surface area contributed by atoms with Crippen LogP contribution in [0.3, 0.4) is 0 Å². The number of rotatable bonds is 4. The smallest absolute Gasteiger partial charge is 0.271 e. The Balaban J connectivity index is 1.48. The molecular formula is C16H15N5O2S. The molecule has 0 aliphatic heterocycles. The Morgan fingerprint density at radius 2 is 1.96 bits per heavy atom. The minimum absolute atomic E-state index is 0.00620. The molecule has 3 aromatic rings. The van der Waals surface area contributed by atoms with Gasteiger partial charge in [-0.1, -0.05) is 23.5 Å². The van der Waals surface area contributed by atoms with Gasteiger partial charge in [-0.25, -0.2) is 4.98 Å². The zero-order valence-corrected chi connectivity index (χ0v) is 13.7. The lowest BCUT2D eigenvalue weighted by atomic mass is 10.2. The van der Waals surface area contributed by atoms with Gasteiger partial charge in [0.25, 0.3) is 11.8 Å². The molecule has 0 radical (unpaired) electrons. The number of hydrazine groups is 1. The van der Waals surface area contributed by atoms with Crippen LogP contribution in [0.2, 0.25) is 0 Å². The molecule has 3 N–H and O–H groups in total. The van der Waals surface area contributed by atoms with Crippen molar-refractivity contribution in [1.29, 1.82) is 0 Å². The second-order valence-electron chi connectivity index (χ2n) is 5.03. The fourth-order valence-corrected chi connectivity index (χ4v) is 2.81. The molecule has 0 aliphatic carbocycles. The molecule has 7 nitrogen and oxygen atoms in total. The Labute approximate surface area is 142 Å². The number of anilines is 1. The maximum absolute atomic E-state index is 11.9. The van der Waals surface area contributed by atoms with E-state index in [1.165, 1.54) is 17.5 Å². The highest BCUT2D eigenvalue weighted by molar-refractivity contribution is 7.22. The van der Waals surface area contributed by atoms with Crippen molar-refractivity contribution >= 4 is 38.5 Å². The van der Waals surface area contributed by atoms with E-state index >= 15 is 0 Å². The molecule has 0 fully saturated rings. The van der Waals surface area contributed by atoms with Gasteiger partial charge < -0.3 is 5.32 Å². The summed E-state index contributed by atoms with van der Waals surface area (Å²) in [6, 6.07) is 11.1. The van der Waals surface area contributed by atoms with Gasteiger partial charge in [0, 0.05) is 11.9 Å². The lowest BCUT2D eigenvalue weighted by molar-refractivity contribution is -0.120. The van der Waals surface area contributed by atoms with Crippen LogP contribution < -0.4 is 16.2 Å². The predicted octanol–water partition coefficient (Wildman–Crippen LogP) is 1.87. The van der Waals surface area contributed by atoms with Crippen molar-refractivity contribution in [1.82, 2.24) is 20.8 Å². The number of carbonyl (C=O) groups excluding carboxylic acids is 2. The number of nitrogens with one attached hydrogen (secondary N) is 3. The van der Waals surface area contributed by atoms with E-state index in [0.29, 0.717) is 10.7 Å². The second kappa shape index (κ2) is 7.05. The fourth-order valence-electron chi connectivity index (χ4n) is 1.95. The monoisotopic (exact) mass is 341 g/mol. The summed E-state index contributed by atoms with van der Waals surface area (Å²) < 4.78 is 1.04. The van der Waals surface area contributed by atoms with E-state index in [4.69, 9.17) is 0 Å². The number of thiazole rings is 1. The minimum atomic E-state index is -0.421. The molecule has 2 heterocycles. The Morgan fingerprint density at radius 1 is 1.12 bits per heavy atom. The molecule has 122 valence electrons. The van der Waals surface area contributed by atoms with E-state index in [0.717, 1.165) is 15.9 Å². The summed E-state index contributed by atoms with van der Waals surface area (Å²) in [6.45, 7) is 1.84. The molecular weight excluding hydrogens is 326 g/mol. The van der Waals surface area contributed by atoms with Crippen molar-refractivity contribution in [3.05, 3.63) is 53.9 Å². The molecule has 0 saturated heterocycles. The standard InChI is InChI=1S/C16H15N5O2S/c1-10-6-7-11(8-17-10)15(23)21-20-14(22)9-18-16-19-12-4-2-3-5-13(12)24-16/h2-8H,9H2,1H3,(H,18,19)(H,20,22)(H,21,23). The summed E-state index contributed by atoms with van der Waals surface area (Å²) in [6.07, 6.45) is 1.45. The number of para-hydroxylation sites is 1. The SMILES string of the molecule is Cc1ccc(C(=O)NNC(=O)CNc2nc3ccccc3s2)cn1. The Bertz CT molecular complexity index is 843. The third-order valence-corrected chi connectivity index (χ3v) is 4.18. The van der Waals surface area contributed by atoms with E-state index in [1.807, 2.05) is 31.2 Å². The molecule has 2 aromatic heterocycles. The molecule has 0 saturated carbocycles. The maximum Gasteiger partial charge on any atom is 0.271 e. The molecule has 3 rings (SSSR count). The van der Waals surface area contributed by atoms with Crippen molar-refractivity contribution in [2.75, 3.05) is 11.9 Å². The molecule has 0 spiro atoms. The van der Waals surface area contributed by atoms with Crippen LogP contribution in [-0.4, -0.2) is 28.3 Å². The highest BCUT2D eigenvalue weighted by atomic mass is 32.1. The molecule has 0 atom stereocenters. The first kappa shape index (κ1) is 15.9. The first-order chi connectivity index (χ1) is 11.6.